The second-order valence-electron chi connectivity index (χ2n) is 6.42. The Morgan fingerprint density at radius 1 is 1.18 bits per heavy atom. The Morgan fingerprint density at radius 2 is 1.93 bits per heavy atom. The van der Waals surface area contributed by atoms with Crippen LogP contribution in [0.15, 0.2) is 59.7 Å². The van der Waals surface area contributed by atoms with E-state index in [0.717, 1.165) is 12.1 Å². The molecule has 0 aliphatic carbocycles. The van der Waals surface area contributed by atoms with Crippen LogP contribution in [0.3, 0.4) is 0 Å². The molecule has 1 aromatic heterocycles. The van der Waals surface area contributed by atoms with Gasteiger partial charge in [-0.15, -0.1) is 0 Å². The molecular formula is C20H18F3N3O2. The van der Waals surface area contributed by atoms with Gasteiger partial charge >= 0.3 is 6.18 Å². The van der Waals surface area contributed by atoms with Crippen molar-refractivity contribution in [1.29, 1.82) is 0 Å². The quantitative estimate of drug-likeness (QED) is 0.724. The number of alkyl halides is 3. The summed E-state index contributed by atoms with van der Waals surface area (Å²) in [7, 11) is 0. The number of benzene rings is 2. The molecule has 8 heteroatoms. The van der Waals surface area contributed by atoms with Crippen molar-refractivity contribution in [2.24, 2.45) is 0 Å². The lowest BCUT2D eigenvalue weighted by Gasteiger charge is -2.16. The molecule has 3 rings (SSSR count). The Morgan fingerprint density at radius 3 is 2.68 bits per heavy atom. The molecule has 28 heavy (non-hydrogen) atoms. The molecule has 146 valence electrons. The molecule has 0 spiro atoms. The van der Waals surface area contributed by atoms with E-state index in [1.54, 1.807) is 31.2 Å². The van der Waals surface area contributed by atoms with E-state index in [9.17, 15) is 22.8 Å². The first-order chi connectivity index (χ1) is 13.3. The molecule has 1 N–H and O–H groups in total. The van der Waals surface area contributed by atoms with Gasteiger partial charge in [-0.05, 0) is 36.8 Å². The van der Waals surface area contributed by atoms with Gasteiger partial charge in [-0.2, -0.15) is 13.2 Å². The number of carbonyl (C=O) groups excluding carboxylic acids is 1. The van der Waals surface area contributed by atoms with Crippen LogP contribution in [0.4, 0.5) is 13.2 Å². The summed E-state index contributed by atoms with van der Waals surface area (Å²) in [5.74, 6) is -0.370. The van der Waals surface area contributed by atoms with Crippen LogP contribution < -0.4 is 10.9 Å². The average Bonchev–Trinajstić information content (AvgIpc) is 2.67. The summed E-state index contributed by atoms with van der Waals surface area (Å²) < 4.78 is 39.8. The smallest absolute Gasteiger partial charge is 0.350 e. The monoisotopic (exact) mass is 389 g/mol. The first kappa shape index (κ1) is 19.6. The zero-order valence-electron chi connectivity index (χ0n) is 15.0. The van der Waals surface area contributed by atoms with Gasteiger partial charge in [0.1, 0.15) is 0 Å². The normalized spacial score (nSPS) is 12.7. The van der Waals surface area contributed by atoms with E-state index < -0.39 is 17.8 Å². The maximum absolute atomic E-state index is 12.8. The minimum absolute atomic E-state index is 0.00320. The highest BCUT2D eigenvalue weighted by Crippen LogP contribution is 2.30. The van der Waals surface area contributed by atoms with Crippen molar-refractivity contribution in [1.82, 2.24) is 14.9 Å². The summed E-state index contributed by atoms with van der Waals surface area (Å²) in [6.07, 6.45) is -3.05. The fraction of sp³-hybridized carbons (Fsp3) is 0.250. The molecule has 1 amide bonds. The van der Waals surface area contributed by atoms with E-state index in [0.29, 0.717) is 16.5 Å². The van der Waals surface area contributed by atoms with Crippen LogP contribution in [0, 0.1) is 0 Å². The maximum atomic E-state index is 12.8. The number of carbonyl (C=O) groups is 1. The number of fused-ring (bicyclic) bond motifs is 1. The first-order valence-electron chi connectivity index (χ1n) is 8.66. The Hall–Kier alpha value is -3.16. The lowest BCUT2D eigenvalue weighted by molar-refractivity contribution is -0.137. The Kier molecular flexibility index (Phi) is 5.48. The molecule has 3 aromatic rings. The second kappa shape index (κ2) is 7.84. The van der Waals surface area contributed by atoms with Gasteiger partial charge in [-0.1, -0.05) is 24.3 Å². The van der Waals surface area contributed by atoms with Gasteiger partial charge in [-0.3, -0.25) is 14.2 Å². The van der Waals surface area contributed by atoms with Gasteiger partial charge in [0.2, 0.25) is 5.91 Å². The molecule has 0 aliphatic heterocycles. The van der Waals surface area contributed by atoms with Crippen molar-refractivity contribution in [3.05, 3.63) is 76.3 Å². The molecule has 1 atom stereocenters. The third kappa shape index (κ3) is 4.39. The lowest BCUT2D eigenvalue weighted by atomic mass is 10.0. The fourth-order valence-corrected chi connectivity index (χ4v) is 2.87. The van der Waals surface area contributed by atoms with Gasteiger partial charge in [0.15, 0.2) is 0 Å². The number of rotatable bonds is 5. The van der Waals surface area contributed by atoms with Gasteiger partial charge < -0.3 is 5.32 Å². The van der Waals surface area contributed by atoms with Crippen LogP contribution in [0.5, 0.6) is 0 Å². The highest BCUT2D eigenvalue weighted by Gasteiger charge is 2.30. The van der Waals surface area contributed by atoms with Crippen LogP contribution in [0.2, 0.25) is 0 Å². The van der Waals surface area contributed by atoms with Crippen LogP contribution in [-0.2, 0) is 17.5 Å². The summed E-state index contributed by atoms with van der Waals surface area (Å²) in [6.45, 7) is 1.73. The predicted molar refractivity (Wildman–Crippen MR) is 98.6 cm³/mol. The molecule has 0 saturated heterocycles. The molecule has 0 saturated carbocycles. The van der Waals surface area contributed by atoms with Crippen molar-refractivity contribution in [3.63, 3.8) is 0 Å². The number of amides is 1. The van der Waals surface area contributed by atoms with Crippen molar-refractivity contribution in [3.8, 4) is 0 Å². The van der Waals surface area contributed by atoms with Crippen LogP contribution in [0.25, 0.3) is 10.9 Å². The van der Waals surface area contributed by atoms with Crippen molar-refractivity contribution in [2.45, 2.75) is 32.1 Å². The largest absolute Gasteiger partial charge is 0.416 e. The van der Waals surface area contributed by atoms with E-state index in [1.165, 1.54) is 23.0 Å². The molecule has 0 bridgehead atoms. The van der Waals surface area contributed by atoms with Crippen LogP contribution in [0.1, 0.15) is 30.5 Å². The van der Waals surface area contributed by atoms with Crippen molar-refractivity contribution < 1.29 is 18.0 Å². The molecule has 0 fully saturated rings. The molecule has 1 unspecified atom stereocenters. The molecular weight excluding hydrogens is 371 g/mol. The highest BCUT2D eigenvalue weighted by molar-refractivity contribution is 5.77. The van der Waals surface area contributed by atoms with E-state index in [4.69, 9.17) is 0 Å². The highest BCUT2D eigenvalue weighted by atomic mass is 19.4. The summed E-state index contributed by atoms with van der Waals surface area (Å²) in [4.78, 5) is 28.8. The molecule has 2 aromatic carbocycles. The predicted octanol–water partition coefficient (Wildman–Crippen LogP) is 3.68. The van der Waals surface area contributed by atoms with Crippen molar-refractivity contribution >= 4 is 16.8 Å². The number of nitrogens with one attached hydrogen (secondary N) is 1. The molecule has 5 nitrogen and oxygen atoms in total. The van der Waals surface area contributed by atoms with Crippen LogP contribution >= 0.6 is 0 Å². The number of hydrogen-bond acceptors (Lipinski definition) is 3. The van der Waals surface area contributed by atoms with Gasteiger partial charge in [0, 0.05) is 13.0 Å². The summed E-state index contributed by atoms with van der Waals surface area (Å²) in [5.41, 5.74) is -0.0803. The van der Waals surface area contributed by atoms with Gasteiger partial charge in [-0.25, -0.2) is 4.98 Å². The standard InChI is InChI=1S/C20H18F3N3O2/c1-13(14-5-4-6-15(11-14)20(21,22)23)25-18(27)9-10-26-12-24-17-8-3-2-7-16(17)19(26)28/h2-8,11-13H,9-10H2,1H3,(H,25,27). The molecule has 1 heterocycles. The Balaban J connectivity index is 1.65. The molecule has 0 aliphatic rings. The SMILES string of the molecule is CC(NC(=O)CCn1cnc2ccccc2c1=O)c1cccc(C(F)(F)F)c1. The minimum Gasteiger partial charge on any atom is -0.350 e. The Bertz CT molecular complexity index is 1060. The number of aryl methyl sites for hydroxylation is 1. The van der Waals surface area contributed by atoms with Gasteiger partial charge in [0.25, 0.3) is 5.56 Å². The summed E-state index contributed by atoms with van der Waals surface area (Å²) >= 11 is 0. The number of para-hydroxylation sites is 1. The summed E-state index contributed by atoms with van der Waals surface area (Å²) in [5, 5.41) is 3.12. The van der Waals surface area contributed by atoms with Crippen molar-refractivity contribution in [2.75, 3.05) is 0 Å². The number of aromatic nitrogens is 2. The van der Waals surface area contributed by atoms with E-state index in [2.05, 4.69) is 10.3 Å². The lowest BCUT2D eigenvalue weighted by Crippen LogP contribution is -2.29. The summed E-state index contributed by atoms with van der Waals surface area (Å²) in [6, 6.07) is 11.1. The number of hydrogen-bond donors (Lipinski definition) is 1. The number of nitrogens with zero attached hydrogens (tertiary/aromatic N) is 2. The first-order valence-corrected chi connectivity index (χ1v) is 8.66. The Labute approximate surface area is 158 Å². The average molecular weight is 389 g/mol. The second-order valence-corrected chi connectivity index (χ2v) is 6.42. The maximum Gasteiger partial charge on any atom is 0.416 e. The minimum atomic E-state index is -4.44. The third-order valence-corrected chi connectivity index (χ3v) is 4.40. The van der Waals surface area contributed by atoms with E-state index in [1.807, 2.05) is 0 Å². The molecule has 0 radical (unpaired) electrons. The van der Waals surface area contributed by atoms with E-state index >= 15 is 0 Å². The number of halogens is 3. The van der Waals surface area contributed by atoms with Crippen LogP contribution in [-0.4, -0.2) is 15.5 Å². The van der Waals surface area contributed by atoms with Gasteiger partial charge in [0.05, 0.1) is 28.8 Å². The topological polar surface area (TPSA) is 64.0 Å². The zero-order valence-corrected chi connectivity index (χ0v) is 15.0. The van der Waals surface area contributed by atoms with E-state index in [-0.39, 0.29) is 24.4 Å². The zero-order chi connectivity index (χ0) is 20.3. The fourth-order valence-electron chi connectivity index (χ4n) is 2.87. The third-order valence-electron chi connectivity index (χ3n) is 4.40.